The predicted molar refractivity (Wildman–Crippen MR) is 117 cm³/mol. The van der Waals surface area contributed by atoms with Gasteiger partial charge in [0, 0.05) is 0 Å². The van der Waals surface area contributed by atoms with Gasteiger partial charge in [-0.3, -0.25) is 0 Å². The van der Waals surface area contributed by atoms with Crippen LogP contribution in [0.5, 0.6) is 0 Å². The zero-order valence-corrected chi connectivity index (χ0v) is 20.8. The molecule has 4 nitrogen and oxygen atoms in total. The van der Waals surface area contributed by atoms with E-state index in [0.717, 1.165) is 28.6 Å². The summed E-state index contributed by atoms with van der Waals surface area (Å²) in [4.78, 5) is 4.78. The molecule has 0 radical (unpaired) electrons. The van der Waals surface area contributed by atoms with Crippen molar-refractivity contribution in [3.05, 3.63) is 22.4 Å². The molecule has 2 aliphatic rings. The van der Waals surface area contributed by atoms with E-state index in [1.807, 2.05) is 6.07 Å². The van der Waals surface area contributed by atoms with Crippen LogP contribution in [0.15, 0.2) is 16.7 Å². The highest BCUT2D eigenvalue weighted by Crippen LogP contribution is 2.53. The van der Waals surface area contributed by atoms with Gasteiger partial charge in [0.2, 0.25) is 0 Å². The van der Waals surface area contributed by atoms with Crippen molar-refractivity contribution < 1.29 is 13.7 Å². The molecule has 0 bridgehead atoms. The minimum Gasteiger partial charge on any atom is -0.406 e. The second-order valence-electron chi connectivity index (χ2n) is 10.6. The van der Waals surface area contributed by atoms with E-state index in [9.17, 15) is 0 Å². The topological polar surface area (TPSA) is 40.6 Å². The van der Waals surface area contributed by atoms with Crippen molar-refractivity contribution in [2.45, 2.75) is 96.2 Å². The largest absolute Gasteiger partial charge is 0.494 e. The van der Waals surface area contributed by atoms with Crippen LogP contribution in [0.25, 0.3) is 0 Å². The van der Waals surface area contributed by atoms with Gasteiger partial charge >= 0.3 is 7.12 Å². The lowest BCUT2D eigenvalue weighted by Gasteiger charge is -2.39. The third kappa shape index (κ3) is 3.95. The van der Waals surface area contributed by atoms with Crippen molar-refractivity contribution in [3.63, 3.8) is 0 Å². The van der Waals surface area contributed by atoms with E-state index < -0.39 is 15.4 Å². The number of aromatic nitrogens is 1. The average Bonchev–Trinajstić information content (AvgIpc) is 3.19. The SMILES string of the molecule is CC1(C)OB(c2cc(Br)nc(C3(O[Si](C)(C)C(C)(C)C)CC3)c2)OC1(C)C. The molecule has 0 aromatic carbocycles. The second kappa shape index (κ2) is 6.39. The molecule has 0 amide bonds. The monoisotopic (exact) mass is 453 g/mol. The Morgan fingerprint density at radius 3 is 2.04 bits per heavy atom. The molecule has 1 aliphatic carbocycles. The van der Waals surface area contributed by atoms with Crippen LogP contribution < -0.4 is 5.46 Å². The summed E-state index contributed by atoms with van der Waals surface area (Å²) in [6.45, 7) is 19.7. The minimum atomic E-state index is -1.89. The van der Waals surface area contributed by atoms with Gasteiger partial charge in [0.25, 0.3) is 0 Å². The number of rotatable bonds is 4. The van der Waals surface area contributed by atoms with Crippen LogP contribution in [0.4, 0.5) is 0 Å². The summed E-state index contributed by atoms with van der Waals surface area (Å²) in [5.41, 5.74) is 1.01. The Morgan fingerprint density at radius 1 is 1.07 bits per heavy atom. The lowest BCUT2D eigenvalue weighted by Crippen LogP contribution is -2.44. The van der Waals surface area contributed by atoms with E-state index in [4.69, 9.17) is 18.7 Å². The van der Waals surface area contributed by atoms with Gasteiger partial charge in [-0.25, -0.2) is 4.98 Å². The van der Waals surface area contributed by atoms with Gasteiger partial charge < -0.3 is 13.7 Å². The zero-order valence-electron chi connectivity index (χ0n) is 18.2. The van der Waals surface area contributed by atoms with Crippen molar-refractivity contribution >= 4 is 36.8 Å². The van der Waals surface area contributed by atoms with E-state index >= 15 is 0 Å². The number of halogens is 1. The third-order valence-corrected chi connectivity index (χ3v) is 11.7. The highest BCUT2D eigenvalue weighted by atomic mass is 79.9. The van der Waals surface area contributed by atoms with Crippen molar-refractivity contribution in [3.8, 4) is 0 Å². The Morgan fingerprint density at radius 2 is 1.59 bits per heavy atom. The maximum atomic E-state index is 6.82. The summed E-state index contributed by atoms with van der Waals surface area (Å²) in [7, 11) is -2.28. The van der Waals surface area contributed by atoms with Crippen LogP contribution in [0.1, 0.15) is 67.0 Å². The molecular weight excluding hydrogens is 421 g/mol. The molecule has 1 aromatic heterocycles. The summed E-state index contributed by atoms with van der Waals surface area (Å²) < 4.78 is 20.1. The first-order valence-electron chi connectivity index (χ1n) is 9.82. The molecule has 2 heterocycles. The molecular formula is C20H33BBrNO3Si. The van der Waals surface area contributed by atoms with Gasteiger partial charge in [0.15, 0.2) is 8.32 Å². The fourth-order valence-electron chi connectivity index (χ4n) is 3.03. The Hall–Kier alpha value is -0.208. The van der Waals surface area contributed by atoms with E-state index in [1.54, 1.807) is 0 Å². The van der Waals surface area contributed by atoms with Crippen LogP contribution in [-0.4, -0.2) is 31.6 Å². The molecule has 2 fully saturated rings. The van der Waals surface area contributed by atoms with Gasteiger partial charge in [0.1, 0.15) is 4.60 Å². The molecule has 0 spiro atoms. The lowest BCUT2D eigenvalue weighted by molar-refractivity contribution is 0.00578. The normalized spacial score (nSPS) is 23.6. The summed E-state index contributed by atoms with van der Waals surface area (Å²) in [6.07, 6.45) is 2.04. The summed E-state index contributed by atoms with van der Waals surface area (Å²) in [5, 5.41) is 0.170. The number of pyridine rings is 1. The van der Waals surface area contributed by atoms with Crippen LogP contribution in [-0.2, 0) is 19.3 Å². The zero-order chi connectivity index (χ0) is 20.5. The number of hydrogen-bond acceptors (Lipinski definition) is 4. The van der Waals surface area contributed by atoms with Gasteiger partial charge in [-0.2, -0.15) is 0 Å². The summed E-state index contributed by atoms with van der Waals surface area (Å²) >= 11 is 3.59. The average molecular weight is 454 g/mol. The molecule has 7 heteroatoms. The summed E-state index contributed by atoms with van der Waals surface area (Å²) in [5.74, 6) is 0. The number of nitrogens with zero attached hydrogens (tertiary/aromatic N) is 1. The molecule has 1 aliphatic heterocycles. The molecule has 150 valence electrons. The maximum Gasteiger partial charge on any atom is 0.494 e. The Balaban J connectivity index is 1.91. The molecule has 0 atom stereocenters. The third-order valence-electron chi connectivity index (χ3n) is 6.77. The molecule has 3 rings (SSSR count). The van der Waals surface area contributed by atoms with Gasteiger partial charge in [-0.05, 0) is 92.2 Å². The van der Waals surface area contributed by atoms with E-state index in [-0.39, 0.29) is 21.8 Å². The fourth-order valence-corrected chi connectivity index (χ4v) is 5.08. The molecule has 0 unspecified atom stereocenters. The molecule has 0 N–H and O–H groups in total. The van der Waals surface area contributed by atoms with Gasteiger partial charge in [0.05, 0.1) is 22.5 Å². The van der Waals surface area contributed by atoms with Crippen LogP contribution >= 0.6 is 15.9 Å². The smallest absolute Gasteiger partial charge is 0.406 e. The van der Waals surface area contributed by atoms with Crippen molar-refractivity contribution in [1.82, 2.24) is 4.98 Å². The van der Waals surface area contributed by atoms with Crippen molar-refractivity contribution in [2.24, 2.45) is 0 Å². The van der Waals surface area contributed by atoms with Crippen LogP contribution in [0.2, 0.25) is 18.1 Å². The molecule has 1 aromatic rings. The van der Waals surface area contributed by atoms with Crippen LogP contribution in [0, 0.1) is 0 Å². The second-order valence-corrected chi connectivity index (χ2v) is 16.1. The van der Waals surface area contributed by atoms with Crippen molar-refractivity contribution in [1.29, 1.82) is 0 Å². The Labute approximate surface area is 174 Å². The van der Waals surface area contributed by atoms with Crippen molar-refractivity contribution in [2.75, 3.05) is 0 Å². The first kappa shape index (κ1) is 21.5. The number of hydrogen-bond donors (Lipinski definition) is 0. The Kier molecular flexibility index (Phi) is 5.09. The predicted octanol–water partition coefficient (Wildman–Crippen LogP) is 5.15. The highest BCUT2D eigenvalue weighted by molar-refractivity contribution is 9.10. The lowest BCUT2D eigenvalue weighted by atomic mass is 9.79. The van der Waals surface area contributed by atoms with E-state index in [2.05, 4.69) is 83.6 Å². The maximum absolute atomic E-state index is 6.82. The fraction of sp³-hybridized carbons (Fsp3) is 0.750. The van der Waals surface area contributed by atoms with E-state index in [0.29, 0.717) is 0 Å². The quantitative estimate of drug-likeness (QED) is 0.466. The standard InChI is InChI=1S/C20H33BBrNO3Si/c1-17(2,3)27(8,9)26-20(10-11-20)15-12-14(13-16(22)23-15)21-24-18(4,5)19(6,7)25-21/h12-13H,10-11H2,1-9H3. The van der Waals surface area contributed by atoms with E-state index in [1.165, 1.54) is 0 Å². The Bertz CT molecular complexity index is 725. The minimum absolute atomic E-state index is 0.170. The summed E-state index contributed by atoms with van der Waals surface area (Å²) in [6, 6.07) is 4.11. The van der Waals surface area contributed by atoms with Crippen LogP contribution in [0.3, 0.4) is 0 Å². The van der Waals surface area contributed by atoms with Gasteiger partial charge in [-0.1, -0.05) is 20.8 Å². The van der Waals surface area contributed by atoms with Gasteiger partial charge in [-0.15, -0.1) is 0 Å². The molecule has 27 heavy (non-hydrogen) atoms. The first-order chi connectivity index (χ1) is 12.1. The molecule has 1 saturated carbocycles. The molecule has 1 saturated heterocycles. The highest BCUT2D eigenvalue weighted by Gasteiger charge is 2.55. The first-order valence-corrected chi connectivity index (χ1v) is 13.5.